The first kappa shape index (κ1) is 22.4. The van der Waals surface area contributed by atoms with E-state index in [1.165, 1.54) is 0 Å². The summed E-state index contributed by atoms with van der Waals surface area (Å²) in [5.41, 5.74) is 6.35. The minimum absolute atomic E-state index is 0.0388. The first-order chi connectivity index (χ1) is 16.2. The molecule has 0 saturated carbocycles. The van der Waals surface area contributed by atoms with Crippen LogP contribution in [0.3, 0.4) is 0 Å². The van der Waals surface area contributed by atoms with Crippen molar-refractivity contribution in [1.29, 1.82) is 0 Å². The van der Waals surface area contributed by atoms with E-state index in [-0.39, 0.29) is 13.0 Å². The van der Waals surface area contributed by atoms with E-state index < -0.39 is 47.0 Å². The predicted octanol–water partition coefficient (Wildman–Crippen LogP) is 1.45. The quantitative estimate of drug-likeness (QED) is 0.553. The number of primary amides is 1. The third-order valence-electron chi connectivity index (χ3n) is 6.93. The van der Waals surface area contributed by atoms with Crippen LogP contribution in [0, 0.1) is 18.8 Å². The minimum Gasteiger partial charge on any atom is -0.497 e. The Labute approximate surface area is 200 Å². The minimum atomic E-state index is -1.53. The Morgan fingerprint density at radius 2 is 1.88 bits per heavy atom. The highest BCUT2D eigenvalue weighted by Gasteiger charge is 2.70. The van der Waals surface area contributed by atoms with Crippen LogP contribution < -0.4 is 21.1 Å². The number of methoxy groups -OCH3 is 1. The fourth-order valence-corrected chi connectivity index (χ4v) is 5.84. The van der Waals surface area contributed by atoms with Crippen LogP contribution in [0.15, 0.2) is 36.4 Å². The van der Waals surface area contributed by atoms with E-state index in [0.717, 1.165) is 16.0 Å². The molecule has 2 aromatic rings. The molecule has 0 unspecified atom stereocenters. The van der Waals surface area contributed by atoms with Gasteiger partial charge in [0.15, 0.2) is 0 Å². The molecule has 2 saturated heterocycles. The molecule has 9 nitrogen and oxygen atoms in total. The Bertz CT molecular complexity index is 1250. The van der Waals surface area contributed by atoms with E-state index in [2.05, 4.69) is 10.6 Å². The maximum Gasteiger partial charge on any atom is 0.250 e. The maximum absolute atomic E-state index is 13.8. The Balaban J connectivity index is 1.59. The lowest BCUT2D eigenvalue weighted by molar-refractivity contribution is -0.143. The summed E-state index contributed by atoms with van der Waals surface area (Å²) in [6.45, 7) is 1.87. The topological polar surface area (TPSA) is 131 Å². The molecule has 5 rings (SSSR count). The van der Waals surface area contributed by atoms with Gasteiger partial charge in [0.1, 0.15) is 11.3 Å². The first-order valence-corrected chi connectivity index (χ1v) is 11.2. The first-order valence-electron chi connectivity index (χ1n) is 10.8. The Morgan fingerprint density at radius 3 is 2.53 bits per heavy atom. The number of carbonyl (C=O) groups is 4. The number of halogens is 1. The number of imide groups is 1. The molecule has 0 aliphatic carbocycles. The zero-order valence-electron chi connectivity index (χ0n) is 18.6. The Hall–Kier alpha value is -3.43. The van der Waals surface area contributed by atoms with E-state index in [1.807, 2.05) is 6.92 Å². The number of nitrogens with one attached hydrogen (secondary N) is 2. The van der Waals surface area contributed by atoms with Gasteiger partial charge in [-0.3, -0.25) is 29.4 Å². The summed E-state index contributed by atoms with van der Waals surface area (Å²) in [4.78, 5) is 53.7. The van der Waals surface area contributed by atoms with E-state index in [4.69, 9.17) is 22.1 Å². The highest BCUT2D eigenvalue weighted by molar-refractivity contribution is 6.35. The van der Waals surface area contributed by atoms with Crippen LogP contribution in [-0.4, -0.2) is 41.7 Å². The average molecular weight is 483 g/mol. The second-order valence-electron chi connectivity index (χ2n) is 8.97. The molecule has 3 aliphatic heterocycles. The van der Waals surface area contributed by atoms with Crippen molar-refractivity contribution >= 4 is 40.9 Å². The smallest absolute Gasteiger partial charge is 0.250 e. The van der Waals surface area contributed by atoms with Crippen LogP contribution in [0.2, 0.25) is 5.02 Å². The number of benzene rings is 2. The fourth-order valence-electron chi connectivity index (χ4n) is 5.51. The van der Waals surface area contributed by atoms with Crippen molar-refractivity contribution in [3.8, 4) is 5.75 Å². The van der Waals surface area contributed by atoms with Crippen molar-refractivity contribution in [2.45, 2.75) is 31.5 Å². The van der Waals surface area contributed by atoms with Gasteiger partial charge in [-0.05, 0) is 36.2 Å². The molecule has 2 aromatic carbocycles. The Morgan fingerprint density at radius 1 is 1.18 bits per heavy atom. The molecule has 4 N–H and O–H groups in total. The maximum atomic E-state index is 13.8. The monoisotopic (exact) mass is 482 g/mol. The van der Waals surface area contributed by atoms with Crippen LogP contribution in [0.1, 0.15) is 23.1 Å². The van der Waals surface area contributed by atoms with Crippen molar-refractivity contribution in [1.82, 2.24) is 10.2 Å². The van der Waals surface area contributed by atoms with Crippen molar-refractivity contribution in [3.05, 3.63) is 58.1 Å². The summed E-state index contributed by atoms with van der Waals surface area (Å²) in [6, 6.07) is 9.73. The van der Waals surface area contributed by atoms with E-state index in [0.29, 0.717) is 22.0 Å². The fraction of sp³-hybridized carbons (Fsp3) is 0.333. The van der Waals surface area contributed by atoms with Gasteiger partial charge in [0.05, 0.1) is 36.2 Å². The van der Waals surface area contributed by atoms with Crippen molar-refractivity contribution in [3.63, 3.8) is 0 Å². The summed E-state index contributed by atoms with van der Waals surface area (Å²) in [5.74, 6) is -3.35. The lowest BCUT2D eigenvalue weighted by Crippen LogP contribution is -2.53. The average Bonchev–Trinajstić information content (AvgIpc) is 3.35. The molecule has 0 bridgehead atoms. The molecular formula is C24H23ClN4O5. The predicted molar refractivity (Wildman–Crippen MR) is 123 cm³/mol. The number of likely N-dealkylation sites (tertiary alicyclic amines) is 1. The van der Waals surface area contributed by atoms with Crippen molar-refractivity contribution < 1.29 is 23.9 Å². The van der Waals surface area contributed by atoms with Crippen molar-refractivity contribution in [2.24, 2.45) is 17.6 Å². The highest BCUT2D eigenvalue weighted by atomic mass is 35.5. The van der Waals surface area contributed by atoms with Gasteiger partial charge in [-0.25, -0.2) is 0 Å². The largest absolute Gasteiger partial charge is 0.497 e. The molecule has 1 spiro atoms. The van der Waals surface area contributed by atoms with E-state index in [1.54, 1.807) is 43.5 Å². The number of nitrogens with zero attached hydrogens (tertiary/aromatic N) is 1. The molecule has 4 amide bonds. The number of ether oxygens (including phenoxy) is 1. The molecule has 10 heteroatoms. The molecule has 2 fully saturated rings. The number of nitrogens with two attached hydrogens (primary N) is 1. The molecule has 3 heterocycles. The number of anilines is 1. The second kappa shape index (κ2) is 7.82. The number of amides is 4. The number of hydrogen-bond donors (Lipinski definition) is 3. The van der Waals surface area contributed by atoms with Gasteiger partial charge >= 0.3 is 0 Å². The Kier molecular flexibility index (Phi) is 5.14. The number of rotatable bonds is 5. The van der Waals surface area contributed by atoms with Crippen LogP contribution in [0.25, 0.3) is 0 Å². The van der Waals surface area contributed by atoms with Gasteiger partial charge in [0.2, 0.25) is 23.6 Å². The summed E-state index contributed by atoms with van der Waals surface area (Å²) in [7, 11) is 1.55. The van der Waals surface area contributed by atoms with Crippen LogP contribution in [0.4, 0.5) is 5.69 Å². The van der Waals surface area contributed by atoms with Crippen LogP contribution in [0.5, 0.6) is 5.75 Å². The van der Waals surface area contributed by atoms with Gasteiger partial charge in [-0.2, -0.15) is 0 Å². The van der Waals surface area contributed by atoms with Gasteiger partial charge in [0.25, 0.3) is 0 Å². The summed E-state index contributed by atoms with van der Waals surface area (Å²) in [5, 5.41) is 6.28. The van der Waals surface area contributed by atoms with Gasteiger partial charge < -0.3 is 15.8 Å². The molecule has 3 aliphatic rings. The van der Waals surface area contributed by atoms with Gasteiger partial charge in [0, 0.05) is 18.0 Å². The lowest BCUT2D eigenvalue weighted by Gasteiger charge is -2.29. The third-order valence-corrected chi connectivity index (χ3v) is 7.23. The lowest BCUT2D eigenvalue weighted by atomic mass is 9.76. The summed E-state index contributed by atoms with van der Waals surface area (Å²) in [6.07, 6.45) is -0.194. The third kappa shape index (κ3) is 3.11. The number of hydrogen-bond acceptors (Lipinski definition) is 6. The molecule has 0 aromatic heterocycles. The molecular weight excluding hydrogens is 460 g/mol. The standard InChI is InChI=1S/C24H23ClN4O5/c1-11-7-14-20(15(25)8-11)27-23(33)24(14)19-18(16(28-24)9-17(26)30)21(31)29(22(19)32)10-12-3-5-13(34-2)6-4-12/h3-8,16,18-19,28H,9-10H2,1-2H3,(H2,26,30)(H,27,33)/t16-,18-,19+,24+/m1/s1. The zero-order valence-corrected chi connectivity index (χ0v) is 19.3. The summed E-state index contributed by atoms with van der Waals surface area (Å²) < 4.78 is 5.17. The van der Waals surface area contributed by atoms with Gasteiger partial charge in [-0.15, -0.1) is 0 Å². The molecule has 34 heavy (non-hydrogen) atoms. The highest BCUT2D eigenvalue weighted by Crippen LogP contribution is 2.54. The number of aryl methyl sites for hydroxylation is 1. The SMILES string of the molecule is COc1ccc(CN2C(=O)[C@H]3[C@@H](C2=O)[C@]2(N[C@@H]3CC(N)=O)C(=O)Nc3c(Cl)cc(C)cc32)cc1. The van der Waals surface area contributed by atoms with E-state index >= 15 is 0 Å². The molecule has 176 valence electrons. The number of carbonyl (C=O) groups excluding carboxylic acids is 4. The second-order valence-corrected chi connectivity index (χ2v) is 9.37. The number of fused-ring (bicyclic) bond motifs is 4. The van der Waals surface area contributed by atoms with E-state index in [9.17, 15) is 19.2 Å². The normalized spacial score (nSPS) is 27.2. The van der Waals surface area contributed by atoms with Crippen LogP contribution >= 0.6 is 11.6 Å². The van der Waals surface area contributed by atoms with Crippen molar-refractivity contribution in [2.75, 3.05) is 12.4 Å². The van der Waals surface area contributed by atoms with Gasteiger partial charge in [-0.1, -0.05) is 29.8 Å². The zero-order chi connectivity index (χ0) is 24.4. The molecule has 4 atom stereocenters. The summed E-state index contributed by atoms with van der Waals surface area (Å²) >= 11 is 6.40. The van der Waals surface area contributed by atoms with Crippen LogP contribution in [-0.2, 0) is 31.3 Å². The molecule has 0 radical (unpaired) electrons.